The van der Waals surface area contributed by atoms with Crippen LogP contribution >= 0.6 is 0 Å². The summed E-state index contributed by atoms with van der Waals surface area (Å²) in [5.74, 6) is 0.281. The summed E-state index contributed by atoms with van der Waals surface area (Å²) in [6.45, 7) is 6.05. The maximum Gasteiger partial charge on any atom is 0.192 e. The number of aryl methyl sites for hydroxylation is 3. The van der Waals surface area contributed by atoms with Crippen LogP contribution in [0.3, 0.4) is 0 Å². The molecule has 0 saturated heterocycles. The van der Waals surface area contributed by atoms with E-state index in [4.69, 9.17) is 0 Å². The molecule has 0 aliphatic carbocycles. The van der Waals surface area contributed by atoms with E-state index in [2.05, 4.69) is 31.0 Å². The number of H-pyrrole nitrogens is 1. The highest BCUT2D eigenvalue weighted by Gasteiger charge is 2.08. The Morgan fingerprint density at radius 3 is 2.54 bits per heavy atom. The van der Waals surface area contributed by atoms with Gasteiger partial charge in [-0.25, -0.2) is 0 Å². The Hall–Kier alpha value is -1.44. The van der Waals surface area contributed by atoms with Gasteiger partial charge in [0, 0.05) is 16.5 Å². The minimum Gasteiger partial charge on any atom is -0.494 e. The standard InChI is InChI=1S/C11H13NO/c1-6-4-7(2)10-8(3)11(13)12-9(10)5-6/h4-5,12-13H,1-3H3. The molecule has 68 valence electrons. The number of fused-ring (bicyclic) bond motifs is 1. The molecule has 0 aliphatic heterocycles. The number of hydrogen-bond acceptors (Lipinski definition) is 1. The maximum atomic E-state index is 9.50. The molecule has 2 N–H and O–H groups in total. The van der Waals surface area contributed by atoms with Gasteiger partial charge < -0.3 is 10.1 Å². The fraction of sp³-hybridized carbons (Fsp3) is 0.273. The third kappa shape index (κ3) is 1.10. The van der Waals surface area contributed by atoms with E-state index in [1.807, 2.05) is 6.92 Å². The normalized spacial score (nSPS) is 11.0. The lowest BCUT2D eigenvalue weighted by atomic mass is 10.1. The van der Waals surface area contributed by atoms with Crippen LogP contribution in [0, 0.1) is 20.8 Å². The molecule has 0 amide bonds. The van der Waals surface area contributed by atoms with Crippen molar-refractivity contribution in [2.24, 2.45) is 0 Å². The molecule has 2 rings (SSSR count). The van der Waals surface area contributed by atoms with Crippen LogP contribution in [0.2, 0.25) is 0 Å². The van der Waals surface area contributed by atoms with Crippen molar-refractivity contribution in [1.29, 1.82) is 0 Å². The molecule has 0 atom stereocenters. The predicted molar refractivity (Wildman–Crippen MR) is 54.2 cm³/mol. The van der Waals surface area contributed by atoms with E-state index in [1.54, 1.807) is 0 Å². The minimum absolute atomic E-state index is 0.281. The van der Waals surface area contributed by atoms with E-state index < -0.39 is 0 Å². The number of benzene rings is 1. The highest BCUT2D eigenvalue weighted by atomic mass is 16.3. The van der Waals surface area contributed by atoms with Crippen LogP contribution in [-0.2, 0) is 0 Å². The second-order valence-corrected chi connectivity index (χ2v) is 3.60. The van der Waals surface area contributed by atoms with Gasteiger partial charge in [-0.1, -0.05) is 6.07 Å². The number of rotatable bonds is 0. The fourth-order valence-corrected chi connectivity index (χ4v) is 1.90. The average molecular weight is 175 g/mol. The molecule has 1 heterocycles. The Morgan fingerprint density at radius 1 is 1.15 bits per heavy atom. The molecule has 0 spiro atoms. The third-order valence-electron chi connectivity index (χ3n) is 2.46. The Kier molecular flexibility index (Phi) is 1.59. The Morgan fingerprint density at radius 2 is 1.85 bits per heavy atom. The highest BCUT2D eigenvalue weighted by Crippen LogP contribution is 2.29. The van der Waals surface area contributed by atoms with Gasteiger partial charge in [0.15, 0.2) is 5.88 Å². The summed E-state index contributed by atoms with van der Waals surface area (Å²) in [5, 5.41) is 10.6. The number of nitrogens with one attached hydrogen (secondary N) is 1. The van der Waals surface area contributed by atoms with Gasteiger partial charge in [-0.2, -0.15) is 0 Å². The van der Waals surface area contributed by atoms with Crippen molar-refractivity contribution in [2.75, 3.05) is 0 Å². The molecule has 0 fully saturated rings. The molecule has 13 heavy (non-hydrogen) atoms. The van der Waals surface area contributed by atoms with Crippen LogP contribution in [0.25, 0.3) is 10.9 Å². The van der Waals surface area contributed by atoms with Crippen molar-refractivity contribution >= 4 is 10.9 Å². The first kappa shape index (κ1) is 8.17. The second kappa shape index (κ2) is 2.52. The van der Waals surface area contributed by atoms with Crippen molar-refractivity contribution in [3.05, 3.63) is 28.8 Å². The summed E-state index contributed by atoms with van der Waals surface area (Å²) >= 11 is 0. The van der Waals surface area contributed by atoms with Gasteiger partial charge in [0.1, 0.15) is 0 Å². The lowest BCUT2D eigenvalue weighted by Crippen LogP contribution is -1.79. The van der Waals surface area contributed by atoms with E-state index in [0.29, 0.717) is 0 Å². The number of aromatic nitrogens is 1. The average Bonchev–Trinajstić information content (AvgIpc) is 2.27. The molecule has 0 unspecified atom stereocenters. The van der Waals surface area contributed by atoms with E-state index >= 15 is 0 Å². The topological polar surface area (TPSA) is 36.0 Å². The summed E-state index contributed by atoms with van der Waals surface area (Å²) in [7, 11) is 0. The zero-order valence-corrected chi connectivity index (χ0v) is 8.10. The van der Waals surface area contributed by atoms with Crippen LogP contribution in [0.15, 0.2) is 12.1 Å². The van der Waals surface area contributed by atoms with E-state index in [0.717, 1.165) is 16.5 Å². The van der Waals surface area contributed by atoms with Crippen molar-refractivity contribution < 1.29 is 5.11 Å². The van der Waals surface area contributed by atoms with Crippen molar-refractivity contribution in [2.45, 2.75) is 20.8 Å². The van der Waals surface area contributed by atoms with E-state index in [-0.39, 0.29) is 5.88 Å². The quantitative estimate of drug-likeness (QED) is 0.634. The summed E-state index contributed by atoms with van der Waals surface area (Å²) < 4.78 is 0. The molecular weight excluding hydrogens is 162 g/mol. The van der Waals surface area contributed by atoms with Crippen LogP contribution in [0.4, 0.5) is 0 Å². The molecule has 0 saturated carbocycles. The number of aromatic hydroxyl groups is 1. The molecule has 0 radical (unpaired) electrons. The van der Waals surface area contributed by atoms with Gasteiger partial charge in [0.05, 0.1) is 0 Å². The van der Waals surface area contributed by atoms with Crippen LogP contribution < -0.4 is 0 Å². The van der Waals surface area contributed by atoms with Crippen LogP contribution in [0.5, 0.6) is 5.88 Å². The zero-order chi connectivity index (χ0) is 9.59. The Bertz CT molecular complexity index is 468. The largest absolute Gasteiger partial charge is 0.494 e. The summed E-state index contributed by atoms with van der Waals surface area (Å²) in [6, 6.07) is 4.18. The second-order valence-electron chi connectivity index (χ2n) is 3.60. The van der Waals surface area contributed by atoms with Gasteiger partial charge in [0.2, 0.25) is 0 Å². The van der Waals surface area contributed by atoms with Gasteiger partial charge in [0.25, 0.3) is 0 Å². The lowest BCUT2D eigenvalue weighted by Gasteiger charge is -1.99. The molecule has 2 heteroatoms. The summed E-state index contributed by atoms with van der Waals surface area (Å²) in [6.07, 6.45) is 0. The predicted octanol–water partition coefficient (Wildman–Crippen LogP) is 2.80. The molecular formula is C11H13NO. The number of hydrogen-bond donors (Lipinski definition) is 2. The van der Waals surface area contributed by atoms with Crippen molar-refractivity contribution in [3.8, 4) is 5.88 Å². The van der Waals surface area contributed by atoms with E-state index in [1.165, 1.54) is 11.1 Å². The van der Waals surface area contributed by atoms with Crippen LogP contribution in [-0.4, -0.2) is 10.1 Å². The van der Waals surface area contributed by atoms with Gasteiger partial charge in [-0.3, -0.25) is 0 Å². The molecule has 2 aromatic rings. The van der Waals surface area contributed by atoms with Gasteiger partial charge in [-0.15, -0.1) is 0 Å². The monoisotopic (exact) mass is 175 g/mol. The van der Waals surface area contributed by atoms with E-state index in [9.17, 15) is 5.11 Å². The first-order valence-corrected chi connectivity index (χ1v) is 4.38. The fourth-order valence-electron chi connectivity index (χ4n) is 1.90. The Balaban J connectivity index is 2.94. The zero-order valence-electron chi connectivity index (χ0n) is 8.10. The minimum atomic E-state index is 0.281. The molecule has 0 bridgehead atoms. The number of aromatic amines is 1. The molecule has 2 nitrogen and oxygen atoms in total. The SMILES string of the molecule is Cc1cc(C)c2c(C)c(O)[nH]c2c1. The summed E-state index contributed by atoms with van der Waals surface area (Å²) in [5.41, 5.74) is 4.38. The van der Waals surface area contributed by atoms with Crippen LogP contribution in [0.1, 0.15) is 16.7 Å². The van der Waals surface area contributed by atoms with Crippen molar-refractivity contribution in [3.63, 3.8) is 0 Å². The maximum absolute atomic E-state index is 9.50. The van der Waals surface area contributed by atoms with Gasteiger partial charge in [-0.05, 0) is 38.0 Å². The summed E-state index contributed by atoms with van der Waals surface area (Å²) in [4.78, 5) is 2.96. The smallest absolute Gasteiger partial charge is 0.192 e. The van der Waals surface area contributed by atoms with Crippen molar-refractivity contribution in [1.82, 2.24) is 4.98 Å². The molecule has 1 aromatic heterocycles. The molecule has 1 aromatic carbocycles. The first-order chi connectivity index (χ1) is 6.09. The highest BCUT2D eigenvalue weighted by molar-refractivity contribution is 5.89. The Labute approximate surface area is 77.2 Å². The van der Waals surface area contributed by atoms with Gasteiger partial charge >= 0.3 is 0 Å². The molecule has 0 aliphatic rings. The third-order valence-corrected chi connectivity index (χ3v) is 2.46. The first-order valence-electron chi connectivity index (χ1n) is 4.38. The lowest BCUT2D eigenvalue weighted by molar-refractivity contribution is 0.454.